The van der Waals surface area contributed by atoms with Crippen LogP contribution in [0.3, 0.4) is 0 Å². The molecule has 55 valence electrons. The SMILES string of the molecule is [CH2]c1cc(C)c2coccc1-2. The number of hydrogen-bond donors (Lipinski definition) is 0. The van der Waals surface area contributed by atoms with Crippen LogP contribution in [0.1, 0.15) is 11.1 Å². The Balaban J connectivity index is 2.81. The molecule has 0 unspecified atom stereocenters. The Kier molecular flexibility index (Phi) is 1.25. The fraction of sp³-hybridized carbons (Fsp3) is 0.100. The van der Waals surface area contributed by atoms with Crippen molar-refractivity contribution in [1.82, 2.24) is 0 Å². The van der Waals surface area contributed by atoms with Crippen LogP contribution in [0.25, 0.3) is 11.1 Å². The van der Waals surface area contributed by atoms with Crippen molar-refractivity contribution in [1.29, 1.82) is 0 Å². The van der Waals surface area contributed by atoms with E-state index < -0.39 is 0 Å². The van der Waals surface area contributed by atoms with Gasteiger partial charge in [0.1, 0.15) is 0 Å². The lowest BCUT2D eigenvalue weighted by Crippen LogP contribution is -1.74. The van der Waals surface area contributed by atoms with E-state index in [4.69, 9.17) is 4.42 Å². The van der Waals surface area contributed by atoms with Crippen LogP contribution in [-0.4, -0.2) is 0 Å². The van der Waals surface area contributed by atoms with Gasteiger partial charge in [-0.2, -0.15) is 0 Å². The van der Waals surface area contributed by atoms with Gasteiger partial charge < -0.3 is 4.42 Å². The van der Waals surface area contributed by atoms with Crippen LogP contribution in [0.15, 0.2) is 29.1 Å². The van der Waals surface area contributed by atoms with Gasteiger partial charge in [-0.3, -0.25) is 0 Å². The van der Waals surface area contributed by atoms with Crippen LogP contribution < -0.4 is 0 Å². The van der Waals surface area contributed by atoms with Gasteiger partial charge in [0.2, 0.25) is 0 Å². The van der Waals surface area contributed by atoms with Crippen molar-refractivity contribution in [2.24, 2.45) is 0 Å². The number of fused-ring (bicyclic) bond motifs is 1. The highest BCUT2D eigenvalue weighted by atomic mass is 16.3. The molecular weight excluding hydrogens is 136 g/mol. The zero-order valence-corrected chi connectivity index (χ0v) is 6.42. The van der Waals surface area contributed by atoms with E-state index in [9.17, 15) is 0 Å². The van der Waals surface area contributed by atoms with Crippen LogP contribution in [0.4, 0.5) is 0 Å². The highest BCUT2D eigenvalue weighted by Gasteiger charge is 2.09. The van der Waals surface area contributed by atoms with Crippen molar-refractivity contribution in [2.75, 3.05) is 0 Å². The lowest BCUT2D eigenvalue weighted by Gasteiger charge is -1.97. The normalized spacial score (nSPS) is 10.7. The average molecular weight is 145 g/mol. The molecule has 1 aliphatic carbocycles. The monoisotopic (exact) mass is 145 g/mol. The second-order valence-electron chi connectivity index (χ2n) is 2.74. The summed E-state index contributed by atoms with van der Waals surface area (Å²) >= 11 is 0. The minimum Gasteiger partial charge on any atom is -0.472 e. The molecule has 0 amide bonds. The fourth-order valence-corrected chi connectivity index (χ4v) is 1.37. The lowest BCUT2D eigenvalue weighted by atomic mass is 10.1. The van der Waals surface area contributed by atoms with Crippen LogP contribution in [0.2, 0.25) is 0 Å². The summed E-state index contributed by atoms with van der Waals surface area (Å²) in [7, 11) is 0. The third-order valence-electron chi connectivity index (χ3n) is 1.95. The molecule has 1 heterocycles. The van der Waals surface area contributed by atoms with Gasteiger partial charge in [0.15, 0.2) is 0 Å². The Labute approximate surface area is 66.0 Å². The minimum absolute atomic E-state index is 1.08. The van der Waals surface area contributed by atoms with E-state index in [0.29, 0.717) is 0 Å². The Morgan fingerprint density at radius 3 is 2.91 bits per heavy atom. The quantitative estimate of drug-likeness (QED) is 0.555. The molecular formula is C10H9O. The maximum Gasteiger partial charge on any atom is 0.0982 e. The Morgan fingerprint density at radius 1 is 1.36 bits per heavy atom. The lowest BCUT2D eigenvalue weighted by molar-refractivity contribution is 0.552. The molecule has 1 heteroatoms. The number of aryl methyl sites for hydroxylation is 1. The van der Waals surface area contributed by atoms with Gasteiger partial charge in [-0.25, -0.2) is 0 Å². The summed E-state index contributed by atoms with van der Waals surface area (Å²) in [4.78, 5) is 0. The van der Waals surface area contributed by atoms with E-state index in [-0.39, 0.29) is 0 Å². The summed E-state index contributed by atoms with van der Waals surface area (Å²) in [5, 5.41) is 0. The summed E-state index contributed by atoms with van der Waals surface area (Å²) in [6.07, 6.45) is 3.44. The molecule has 2 rings (SSSR count). The first kappa shape index (κ1) is 6.47. The molecule has 1 nitrogen and oxygen atoms in total. The molecule has 0 aromatic rings. The average Bonchev–Trinajstić information content (AvgIpc) is 2.30. The zero-order valence-electron chi connectivity index (χ0n) is 6.42. The molecule has 11 heavy (non-hydrogen) atoms. The van der Waals surface area contributed by atoms with Gasteiger partial charge in [0, 0.05) is 5.56 Å². The van der Waals surface area contributed by atoms with Crippen molar-refractivity contribution in [3.63, 3.8) is 0 Å². The van der Waals surface area contributed by atoms with Crippen LogP contribution >= 0.6 is 0 Å². The van der Waals surface area contributed by atoms with E-state index >= 15 is 0 Å². The van der Waals surface area contributed by atoms with E-state index in [2.05, 4.69) is 19.9 Å². The topological polar surface area (TPSA) is 13.1 Å². The van der Waals surface area contributed by atoms with Crippen molar-refractivity contribution in [2.45, 2.75) is 6.92 Å². The molecule has 0 bridgehead atoms. The number of hydrogen-bond acceptors (Lipinski definition) is 1. The summed E-state index contributed by atoms with van der Waals surface area (Å²) < 4.78 is 5.06. The Bertz CT molecular complexity index is 313. The van der Waals surface area contributed by atoms with Crippen LogP contribution in [0.5, 0.6) is 0 Å². The largest absolute Gasteiger partial charge is 0.472 e. The van der Waals surface area contributed by atoms with Gasteiger partial charge in [0.05, 0.1) is 12.5 Å². The molecule has 0 aromatic heterocycles. The zero-order chi connectivity index (χ0) is 7.84. The molecule has 0 spiro atoms. The summed E-state index contributed by atoms with van der Waals surface area (Å²) in [5.41, 5.74) is 4.66. The first-order valence-electron chi connectivity index (χ1n) is 3.56. The second kappa shape index (κ2) is 2.12. The first-order valence-corrected chi connectivity index (χ1v) is 3.56. The van der Waals surface area contributed by atoms with Gasteiger partial charge in [-0.15, -0.1) is 0 Å². The summed E-state index contributed by atoms with van der Waals surface area (Å²) in [6, 6.07) is 4.02. The third kappa shape index (κ3) is 0.845. The summed E-state index contributed by atoms with van der Waals surface area (Å²) in [5.74, 6) is 0. The predicted molar refractivity (Wildman–Crippen MR) is 44.5 cm³/mol. The van der Waals surface area contributed by atoms with Crippen molar-refractivity contribution in [3.05, 3.63) is 42.7 Å². The molecule has 0 N–H and O–H groups in total. The molecule has 2 aliphatic rings. The van der Waals surface area contributed by atoms with Gasteiger partial charge >= 0.3 is 0 Å². The van der Waals surface area contributed by atoms with Gasteiger partial charge in [-0.05, 0) is 36.6 Å². The molecule has 0 fully saturated rings. The van der Waals surface area contributed by atoms with Crippen LogP contribution in [-0.2, 0) is 0 Å². The van der Waals surface area contributed by atoms with Crippen molar-refractivity contribution >= 4 is 0 Å². The molecule has 1 aliphatic heterocycles. The van der Waals surface area contributed by atoms with Gasteiger partial charge in [-0.1, -0.05) is 6.07 Å². The first-order chi connectivity index (χ1) is 5.29. The maximum atomic E-state index is 5.06. The summed E-state index contributed by atoms with van der Waals surface area (Å²) in [6.45, 7) is 5.99. The Morgan fingerprint density at radius 2 is 2.18 bits per heavy atom. The van der Waals surface area contributed by atoms with Crippen molar-refractivity contribution < 1.29 is 4.42 Å². The minimum atomic E-state index is 1.08. The van der Waals surface area contributed by atoms with E-state index in [1.54, 1.807) is 12.5 Å². The van der Waals surface area contributed by atoms with E-state index in [1.165, 1.54) is 11.1 Å². The Hall–Kier alpha value is -1.24. The predicted octanol–water partition coefficient (Wildman–Crippen LogP) is 2.88. The molecule has 0 aromatic carbocycles. The standard InChI is InChI=1S/C10H9O/c1-7-5-8(2)10-6-11-4-3-9(7)10/h3-6H,1H2,2H3. The maximum absolute atomic E-state index is 5.06. The smallest absolute Gasteiger partial charge is 0.0982 e. The number of rotatable bonds is 0. The molecule has 0 saturated carbocycles. The highest BCUT2D eigenvalue weighted by molar-refractivity contribution is 5.74. The molecule has 1 radical (unpaired) electrons. The van der Waals surface area contributed by atoms with Crippen LogP contribution in [0, 0.1) is 13.8 Å². The van der Waals surface area contributed by atoms with E-state index in [0.717, 1.165) is 11.1 Å². The fourth-order valence-electron chi connectivity index (χ4n) is 1.37. The van der Waals surface area contributed by atoms with Crippen molar-refractivity contribution in [3.8, 4) is 11.1 Å². The molecule has 0 atom stereocenters. The van der Waals surface area contributed by atoms with E-state index in [1.807, 2.05) is 6.07 Å². The molecule has 0 saturated heterocycles. The highest BCUT2D eigenvalue weighted by Crippen LogP contribution is 2.30. The third-order valence-corrected chi connectivity index (χ3v) is 1.95. The second-order valence-corrected chi connectivity index (χ2v) is 2.74. The van der Waals surface area contributed by atoms with Gasteiger partial charge in [0.25, 0.3) is 0 Å².